The van der Waals surface area contributed by atoms with Crippen molar-refractivity contribution >= 4 is 0 Å². The average Bonchev–Trinajstić information content (AvgIpc) is 2.94. The lowest BCUT2D eigenvalue weighted by atomic mass is 10.1. The van der Waals surface area contributed by atoms with E-state index in [1.54, 1.807) is 13.3 Å². The molecule has 19 heavy (non-hydrogen) atoms. The summed E-state index contributed by atoms with van der Waals surface area (Å²) < 4.78 is 5.20. The Bertz CT molecular complexity index is 468. The summed E-state index contributed by atoms with van der Waals surface area (Å²) in [5.41, 5.74) is 2.56. The second-order valence-corrected chi connectivity index (χ2v) is 4.52. The number of aromatic amines is 1. The third-order valence-electron chi connectivity index (χ3n) is 3.06. The first-order valence-corrected chi connectivity index (χ1v) is 6.65. The van der Waals surface area contributed by atoms with E-state index in [0.29, 0.717) is 6.61 Å². The van der Waals surface area contributed by atoms with Crippen LogP contribution in [0.2, 0.25) is 0 Å². The number of methoxy groups -OCH3 is 1. The number of nitrogens with zero attached hydrogens (tertiary/aromatic N) is 1. The minimum Gasteiger partial charge on any atom is -0.380 e. The Balaban J connectivity index is 1.70. The van der Waals surface area contributed by atoms with Gasteiger partial charge in [0.25, 0.3) is 0 Å². The van der Waals surface area contributed by atoms with Gasteiger partial charge in [0.05, 0.1) is 6.61 Å². The van der Waals surface area contributed by atoms with Crippen molar-refractivity contribution in [2.45, 2.75) is 26.0 Å². The molecule has 2 N–H and O–H groups in total. The summed E-state index contributed by atoms with van der Waals surface area (Å²) >= 11 is 0. The monoisotopic (exact) mass is 259 g/mol. The van der Waals surface area contributed by atoms with Crippen molar-refractivity contribution in [1.29, 1.82) is 0 Å². The number of aryl methyl sites for hydroxylation is 1. The molecule has 0 amide bonds. The van der Waals surface area contributed by atoms with Crippen molar-refractivity contribution in [2.24, 2.45) is 0 Å². The van der Waals surface area contributed by atoms with Crippen LogP contribution in [0.5, 0.6) is 0 Å². The van der Waals surface area contributed by atoms with Crippen molar-refractivity contribution in [3.05, 3.63) is 53.6 Å². The summed E-state index contributed by atoms with van der Waals surface area (Å²) in [5, 5.41) is 3.47. The van der Waals surface area contributed by atoms with Gasteiger partial charge < -0.3 is 15.0 Å². The zero-order chi connectivity index (χ0) is 13.3. The van der Waals surface area contributed by atoms with Gasteiger partial charge in [0.15, 0.2) is 0 Å². The molecule has 4 heteroatoms. The van der Waals surface area contributed by atoms with Gasteiger partial charge in [0.1, 0.15) is 5.82 Å². The van der Waals surface area contributed by atoms with Gasteiger partial charge in [-0.25, -0.2) is 4.98 Å². The molecule has 0 saturated carbocycles. The minimum absolute atomic E-state index is 0.671. The molecule has 4 nitrogen and oxygen atoms in total. The Hall–Kier alpha value is -1.65. The van der Waals surface area contributed by atoms with Crippen LogP contribution < -0.4 is 5.32 Å². The van der Waals surface area contributed by atoms with E-state index >= 15 is 0 Å². The molecule has 0 unspecified atom stereocenters. The third-order valence-corrected chi connectivity index (χ3v) is 3.06. The minimum atomic E-state index is 0.671. The van der Waals surface area contributed by atoms with Crippen LogP contribution in [0, 0.1) is 0 Å². The second kappa shape index (κ2) is 7.71. The number of imidazole rings is 1. The van der Waals surface area contributed by atoms with E-state index in [-0.39, 0.29) is 0 Å². The van der Waals surface area contributed by atoms with Gasteiger partial charge >= 0.3 is 0 Å². The summed E-state index contributed by atoms with van der Waals surface area (Å²) in [7, 11) is 1.73. The maximum Gasteiger partial charge on any atom is 0.106 e. The molecule has 0 radical (unpaired) electrons. The molecule has 0 bridgehead atoms. The first kappa shape index (κ1) is 13.8. The Morgan fingerprint density at radius 1 is 1.26 bits per heavy atom. The van der Waals surface area contributed by atoms with Crippen LogP contribution in [0.3, 0.4) is 0 Å². The Labute approximate surface area is 114 Å². The lowest BCUT2D eigenvalue weighted by molar-refractivity contribution is 0.184. The zero-order valence-electron chi connectivity index (χ0n) is 11.4. The molecule has 0 saturated heterocycles. The summed E-state index contributed by atoms with van der Waals surface area (Å²) in [5.74, 6) is 1.06. The number of H-pyrrole nitrogens is 1. The zero-order valence-corrected chi connectivity index (χ0v) is 11.4. The summed E-state index contributed by atoms with van der Waals surface area (Å²) in [6, 6.07) is 8.38. The molecule has 0 spiro atoms. The molecule has 0 aliphatic rings. The van der Waals surface area contributed by atoms with Crippen LogP contribution >= 0.6 is 0 Å². The maximum absolute atomic E-state index is 5.20. The van der Waals surface area contributed by atoms with E-state index in [1.807, 2.05) is 6.20 Å². The first-order chi connectivity index (χ1) is 9.40. The third kappa shape index (κ3) is 4.50. The van der Waals surface area contributed by atoms with Crippen molar-refractivity contribution in [3.63, 3.8) is 0 Å². The second-order valence-electron chi connectivity index (χ2n) is 4.52. The number of aromatic nitrogens is 2. The average molecular weight is 259 g/mol. The Morgan fingerprint density at radius 3 is 2.84 bits per heavy atom. The van der Waals surface area contributed by atoms with Crippen molar-refractivity contribution in [3.8, 4) is 0 Å². The fourth-order valence-electron chi connectivity index (χ4n) is 2.06. The van der Waals surface area contributed by atoms with E-state index in [0.717, 1.165) is 31.8 Å². The first-order valence-electron chi connectivity index (χ1n) is 6.65. The number of hydrogen-bond acceptors (Lipinski definition) is 3. The van der Waals surface area contributed by atoms with E-state index in [9.17, 15) is 0 Å². The lowest BCUT2D eigenvalue weighted by Crippen LogP contribution is -2.16. The van der Waals surface area contributed by atoms with Crippen LogP contribution in [-0.2, 0) is 24.3 Å². The number of rotatable bonds is 8. The SMILES string of the molecule is COCc1ccccc1CNCCCc1ncc[nH]1. The number of benzene rings is 1. The topological polar surface area (TPSA) is 49.9 Å². The fourth-order valence-corrected chi connectivity index (χ4v) is 2.06. The van der Waals surface area contributed by atoms with Crippen molar-refractivity contribution in [1.82, 2.24) is 15.3 Å². The largest absolute Gasteiger partial charge is 0.380 e. The highest BCUT2D eigenvalue weighted by Gasteiger charge is 2.01. The Kier molecular flexibility index (Phi) is 5.59. The molecule has 1 heterocycles. The van der Waals surface area contributed by atoms with Gasteiger partial charge in [0, 0.05) is 32.5 Å². The highest BCUT2D eigenvalue weighted by Crippen LogP contribution is 2.09. The molecule has 2 rings (SSSR count). The maximum atomic E-state index is 5.20. The molecule has 0 fully saturated rings. The highest BCUT2D eigenvalue weighted by atomic mass is 16.5. The molecule has 0 atom stereocenters. The molecule has 1 aromatic carbocycles. The van der Waals surface area contributed by atoms with Crippen LogP contribution in [0.15, 0.2) is 36.7 Å². The van der Waals surface area contributed by atoms with E-state index in [1.165, 1.54) is 11.1 Å². The van der Waals surface area contributed by atoms with Crippen LogP contribution in [0.25, 0.3) is 0 Å². The Morgan fingerprint density at radius 2 is 2.11 bits per heavy atom. The van der Waals surface area contributed by atoms with Crippen molar-refractivity contribution in [2.75, 3.05) is 13.7 Å². The van der Waals surface area contributed by atoms with E-state index in [4.69, 9.17) is 4.74 Å². The van der Waals surface area contributed by atoms with E-state index < -0.39 is 0 Å². The summed E-state index contributed by atoms with van der Waals surface area (Å²) in [6.45, 7) is 2.55. The van der Waals surface area contributed by atoms with Gasteiger partial charge in [-0.1, -0.05) is 24.3 Å². The summed E-state index contributed by atoms with van der Waals surface area (Å²) in [6.07, 6.45) is 5.73. The summed E-state index contributed by atoms with van der Waals surface area (Å²) in [4.78, 5) is 7.33. The molecule has 0 aliphatic heterocycles. The smallest absolute Gasteiger partial charge is 0.106 e. The molecular formula is C15H21N3O. The molecule has 0 aliphatic carbocycles. The highest BCUT2D eigenvalue weighted by molar-refractivity contribution is 5.26. The van der Waals surface area contributed by atoms with Gasteiger partial charge in [-0.15, -0.1) is 0 Å². The van der Waals surface area contributed by atoms with Crippen LogP contribution in [0.4, 0.5) is 0 Å². The van der Waals surface area contributed by atoms with Crippen LogP contribution in [-0.4, -0.2) is 23.6 Å². The van der Waals surface area contributed by atoms with Gasteiger partial charge in [-0.05, 0) is 24.1 Å². The predicted molar refractivity (Wildman–Crippen MR) is 75.8 cm³/mol. The number of nitrogens with one attached hydrogen (secondary N) is 2. The van der Waals surface area contributed by atoms with Crippen LogP contribution in [0.1, 0.15) is 23.4 Å². The molecular weight excluding hydrogens is 238 g/mol. The van der Waals surface area contributed by atoms with E-state index in [2.05, 4.69) is 39.6 Å². The standard InChI is InChI=1S/C15H21N3O/c1-19-12-14-6-3-2-5-13(14)11-16-8-4-7-15-17-9-10-18-15/h2-3,5-6,9-10,16H,4,7-8,11-12H2,1H3,(H,17,18). The van der Waals surface area contributed by atoms with Gasteiger partial charge in [-0.2, -0.15) is 0 Å². The van der Waals surface area contributed by atoms with Crippen molar-refractivity contribution < 1.29 is 4.74 Å². The lowest BCUT2D eigenvalue weighted by Gasteiger charge is -2.09. The molecule has 102 valence electrons. The van der Waals surface area contributed by atoms with Gasteiger partial charge in [-0.3, -0.25) is 0 Å². The number of hydrogen-bond donors (Lipinski definition) is 2. The normalized spacial score (nSPS) is 10.8. The number of ether oxygens (including phenoxy) is 1. The fraction of sp³-hybridized carbons (Fsp3) is 0.400. The molecule has 1 aromatic heterocycles. The van der Waals surface area contributed by atoms with Gasteiger partial charge in [0.2, 0.25) is 0 Å². The predicted octanol–water partition coefficient (Wildman–Crippen LogP) is 2.28. The quantitative estimate of drug-likeness (QED) is 0.715. The molecule has 2 aromatic rings.